The lowest BCUT2D eigenvalue weighted by Gasteiger charge is -2.12. The van der Waals surface area contributed by atoms with Crippen molar-refractivity contribution in [2.24, 2.45) is 0 Å². The molecular weight excluding hydrogens is 372 g/mol. The molecule has 0 heterocycles. The van der Waals surface area contributed by atoms with Crippen molar-refractivity contribution < 1.29 is 4.74 Å². The molecule has 4 aromatic carbocycles. The fourth-order valence-electron chi connectivity index (χ4n) is 3.44. The van der Waals surface area contributed by atoms with Crippen molar-refractivity contribution in [1.29, 1.82) is 0 Å². The maximum Gasteiger partial charge on any atom is 0.170 e. The first-order chi connectivity index (χ1) is 14.3. The standard InChI is InChI=1S/C27H25OS/c1-2-28-24-19-17-22(18-20-24)21-23-11-9-10-16-27(23)29(25-12-5-3-6-13-25)26-14-7-4-8-15-26/h3-20H,2,21H2,1H3/q+1. The minimum absolute atomic E-state index is 0.132. The van der Waals surface area contributed by atoms with Gasteiger partial charge in [-0.15, -0.1) is 0 Å². The van der Waals surface area contributed by atoms with E-state index in [0.29, 0.717) is 6.61 Å². The average molecular weight is 398 g/mol. The van der Waals surface area contributed by atoms with Crippen LogP contribution in [0, 0.1) is 0 Å². The van der Waals surface area contributed by atoms with E-state index >= 15 is 0 Å². The van der Waals surface area contributed by atoms with Crippen molar-refractivity contribution in [2.45, 2.75) is 28.0 Å². The molecule has 0 saturated carbocycles. The predicted molar refractivity (Wildman–Crippen MR) is 122 cm³/mol. The summed E-state index contributed by atoms with van der Waals surface area (Å²) in [7, 11) is -0.132. The highest BCUT2D eigenvalue weighted by Crippen LogP contribution is 2.34. The zero-order valence-electron chi connectivity index (χ0n) is 16.6. The van der Waals surface area contributed by atoms with Crippen molar-refractivity contribution in [3.8, 4) is 5.75 Å². The molecule has 144 valence electrons. The largest absolute Gasteiger partial charge is 0.494 e. The summed E-state index contributed by atoms with van der Waals surface area (Å²) in [6.07, 6.45) is 0.908. The van der Waals surface area contributed by atoms with Crippen molar-refractivity contribution in [3.05, 3.63) is 120 Å². The molecule has 0 aliphatic heterocycles. The highest BCUT2D eigenvalue weighted by Gasteiger charge is 2.30. The van der Waals surface area contributed by atoms with Crippen LogP contribution < -0.4 is 4.74 Å². The van der Waals surface area contributed by atoms with E-state index < -0.39 is 0 Å². The Hall–Kier alpha value is -2.97. The summed E-state index contributed by atoms with van der Waals surface area (Å²) in [4.78, 5) is 4.08. The van der Waals surface area contributed by atoms with Crippen molar-refractivity contribution >= 4 is 10.9 Å². The number of ether oxygens (including phenoxy) is 1. The monoisotopic (exact) mass is 397 g/mol. The third-order valence-corrected chi connectivity index (χ3v) is 7.10. The highest BCUT2D eigenvalue weighted by molar-refractivity contribution is 7.97. The predicted octanol–water partition coefficient (Wildman–Crippen LogP) is 6.77. The summed E-state index contributed by atoms with van der Waals surface area (Å²) in [6.45, 7) is 2.71. The van der Waals surface area contributed by atoms with E-state index in [2.05, 4.69) is 109 Å². The van der Waals surface area contributed by atoms with Crippen LogP contribution in [0.5, 0.6) is 5.75 Å². The van der Waals surface area contributed by atoms with Gasteiger partial charge in [0.2, 0.25) is 0 Å². The van der Waals surface area contributed by atoms with Gasteiger partial charge in [0.05, 0.1) is 17.5 Å². The van der Waals surface area contributed by atoms with Gasteiger partial charge in [-0.05, 0) is 55.0 Å². The lowest BCUT2D eigenvalue weighted by atomic mass is 10.1. The van der Waals surface area contributed by atoms with Gasteiger partial charge in [-0.25, -0.2) is 0 Å². The van der Waals surface area contributed by atoms with Crippen molar-refractivity contribution in [3.63, 3.8) is 0 Å². The van der Waals surface area contributed by atoms with Gasteiger partial charge in [-0.2, -0.15) is 0 Å². The zero-order valence-corrected chi connectivity index (χ0v) is 17.4. The summed E-state index contributed by atoms with van der Waals surface area (Å²) < 4.78 is 5.59. The highest BCUT2D eigenvalue weighted by atomic mass is 32.2. The number of hydrogen-bond acceptors (Lipinski definition) is 1. The molecule has 0 spiro atoms. The van der Waals surface area contributed by atoms with E-state index in [4.69, 9.17) is 4.74 Å². The van der Waals surface area contributed by atoms with Crippen molar-refractivity contribution in [2.75, 3.05) is 6.61 Å². The molecule has 0 aliphatic rings. The maximum atomic E-state index is 5.59. The van der Waals surface area contributed by atoms with Crippen LogP contribution in [0.25, 0.3) is 0 Å². The molecule has 0 N–H and O–H groups in total. The van der Waals surface area contributed by atoms with Crippen LogP contribution in [0.2, 0.25) is 0 Å². The second-order valence-electron chi connectivity index (χ2n) is 6.79. The topological polar surface area (TPSA) is 9.23 Å². The van der Waals surface area contributed by atoms with Gasteiger partial charge in [0.25, 0.3) is 0 Å². The molecule has 0 radical (unpaired) electrons. The van der Waals surface area contributed by atoms with E-state index in [1.54, 1.807) is 0 Å². The Morgan fingerprint density at radius 3 is 1.76 bits per heavy atom. The Kier molecular flexibility index (Phi) is 6.33. The minimum atomic E-state index is -0.132. The van der Waals surface area contributed by atoms with E-state index in [-0.39, 0.29) is 10.9 Å². The Morgan fingerprint density at radius 2 is 1.17 bits per heavy atom. The molecule has 0 saturated heterocycles. The number of hydrogen-bond donors (Lipinski definition) is 0. The molecule has 0 fully saturated rings. The Bertz CT molecular complexity index is 987. The molecule has 4 aromatic rings. The van der Waals surface area contributed by atoms with Crippen molar-refractivity contribution in [1.82, 2.24) is 0 Å². The van der Waals surface area contributed by atoms with Gasteiger partial charge in [0.1, 0.15) is 5.75 Å². The molecule has 0 amide bonds. The second-order valence-corrected chi connectivity index (χ2v) is 8.79. The third-order valence-electron chi connectivity index (χ3n) is 4.78. The number of rotatable bonds is 7. The van der Waals surface area contributed by atoms with E-state index in [9.17, 15) is 0 Å². The smallest absolute Gasteiger partial charge is 0.170 e. The van der Waals surface area contributed by atoms with Gasteiger partial charge in [0.15, 0.2) is 14.7 Å². The van der Waals surface area contributed by atoms with Gasteiger partial charge >= 0.3 is 0 Å². The van der Waals surface area contributed by atoms with Crippen LogP contribution in [-0.4, -0.2) is 6.61 Å². The summed E-state index contributed by atoms with van der Waals surface area (Å²) in [5, 5.41) is 0. The first-order valence-electron chi connectivity index (χ1n) is 9.99. The lowest BCUT2D eigenvalue weighted by Crippen LogP contribution is -2.08. The molecule has 0 atom stereocenters. The van der Waals surface area contributed by atoms with E-state index in [1.165, 1.54) is 25.8 Å². The summed E-state index contributed by atoms with van der Waals surface area (Å²) >= 11 is 0. The van der Waals surface area contributed by atoms with E-state index in [1.807, 2.05) is 6.92 Å². The van der Waals surface area contributed by atoms with Gasteiger partial charge < -0.3 is 4.74 Å². The Labute approximate surface area is 176 Å². The maximum absolute atomic E-state index is 5.59. The van der Waals surface area contributed by atoms with Crippen LogP contribution >= 0.6 is 0 Å². The SMILES string of the molecule is CCOc1ccc(Cc2ccccc2[S+](c2ccccc2)c2ccccc2)cc1. The van der Waals surface area contributed by atoms with Gasteiger partial charge in [-0.1, -0.05) is 66.7 Å². The summed E-state index contributed by atoms with van der Waals surface area (Å²) in [5.74, 6) is 0.929. The molecule has 4 rings (SSSR count). The Balaban J connectivity index is 1.73. The molecule has 29 heavy (non-hydrogen) atoms. The second kappa shape index (κ2) is 9.49. The molecule has 2 heteroatoms. The van der Waals surface area contributed by atoms with Crippen LogP contribution in [-0.2, 0) is 17.3 Å². The van der Waals surface area contributed by atoms with Gasteiger partial charge in [-0.3, -0.25) is 0 Å². The average Bonchev–Trinajstić information content (AvgIpc) is 2.78. The van der Waals surface area contributed by atoms with Crippen LogP contribution in [0.15, 0.2) is 124 Å². The molecule has 0 bridgehead atoms. The fourth-order valence-corrected chi connectivity index (χ4v) is 5.70. The first kappa shape index (κ1) is 19.4. The Morgan fingerprint density at radius 1 is 0.621 bits per heavy atom. The van der Waals surface area contributed by atoms with E-state index in [0.717, 1.165) is 12.2 Å². The normalized spacial score (nSPS) is 10.8. The van der Waals surface area contributed by atoms with Gasteiger partial charge in [0, 0.05) is 12.0 Å². The molecule has 0 unspecified atom stereocenters. The molecule has 0 aromatic heterocycles. The van der Waals surface area contributed by atoms with Crippen LogP contribution in [0.1, 0.15) is 18.1 Å². The summed E-state index contributed by atoms with van der Waals surface area (Å²) in [5.41, 5.74) is 2.67. The lowest BCUT2D eigenvalue weighted by molar-refractivity contribution is 0.340. The first-order valence-corrected chi connectivity index (χ1v) is 11.2. The minimum Gasteiger partial charge on any atom is -0.494 e. The molecule has 0 aliphatic carbocycles. The fraction of sp³-hybridized carbons (Fsp3) is 0.111. The quantitative estimate of drug-likeness (QED) is 0.313. The zero-order chi connectivity index (χ0) is 19.9. The molecule has 1 nitrogen and oxygen atoms in total. The molecular formula is C27H25OS+. The third kappa shape index (κ3) is 4.72. The van der Waals surface area contributed by atoms with Crippen LogP contribution in [0.4, 0.5) is 0 Å². The summed E-state index contributed by atoms with van der Waals surface area (Å²) in [6, 6.07) is 39.0. The number of benzene rings is 4. The van der Waals surface area contributed by atoms with Crippen LogP contribution in [0.3, 0.4) is 0 Å².